The summed E-state index contributed by atoms with van der Waals surface area (Å²) < 4.78 is 10.8. The monoisotopic (exact) mass is 468 g/mol. The first-order valence-electron chi connectivity index (χ1n) is 10.1. The third-order valence-electron chi connectivity index (χ3n) is 4.93. The maximum Gasteiger partial charge on any atom is 0.339 e. The van der Waals surface area contributed by atoms with Gasteiger partial charge in [-0.3, -0.25) is 14.5 Å². The molecule has 0 aliphatic carbocycles. The van der Waals surface area contributed by atoms with E-state index in [0.717, 1.165) is 4.90 Å². The molecule has 1 aliphatic heterocycles. The fraction of sp³-hybridized carbons (Fsp3) is 0.250. The van der Waals surface area contributed by atoms with Crippen LogP contribution in [0.25, 0.3) is 17.4 Å². The number of benzene rings is 1. The van der Waals surface area contributed by atoms with Crippen LogP contribution in [0.4, 0.5) is 0 Å². The van der Waals surface area contributed by atoms with Crippen LogP contribution in [0.3, 0.4) is 0 Å². The normalized spacial score (nSPS) is 16.2. The van der Waals surface area contributed by atoms with Crippen LogP contribution in [-0.4, -0.2) is 47.0 Å². The van der Waals surface area contributed by atoms with Crippen LogP contribution >= 0.6 is 11.6 Å². The molecule has 2 heterocycles. The van der Waals surface area contributed by atoms with Gasteiger partial charge in [-0.15, -0.1) is 0 Å². The average molecular weight is 469 g/mol. The van der Waals surface area contributed by atoms with Crippen molar-refractivity contribution in [2.45, 2.75) is 26.9 Å². The number of ether oxygens (including phenoxy) is 1. The van der Waals surface area contributed by atoms with E-state index in [2.05, 4.69) is 0 Å². The summed E-state index contributed by atoms with van der Waals surface area (Å²) in [5, 5.41) is 19.3. The molecule has 170 valence electrons. The van der Waals surface area contributed by atoms with Gasteiger partial charge in [0.05, 0.1) is 29.8 Å². The Morgan fingerprint density at radius 3 is 2.67 bits per heavy atom. The maximum absolute atomic E-state index is 12.9. The lowest BCUT2D eigenvalue weighted by Crippen LogP contribution is -2.45. The van der Waals surface area contributed by atoms with Crippen molar-refractivity contribution in [3.8, 4) is 17.4 Å². The van der Waals surface area contributed by atoms with E-state index in [9.17, 15) is 24.8 Å². The van der Waals surface area contributed by atoms with Gasteiger partial charge in [0.2, 0.25) is 0 Å². The lowest BCUT2D eigenvalue weighted by atomic mass is 9.94. The summed E-state index contributed by atoms with van der Waals surface area (Å²) in [5.41, 5.74) is 0.918. The lowest BCUT2D eigenvalue weighted by molar-refractivity contribution is -0.141. The minimum atomic E-state index is -0.953. The Hall–Kier alpha value is -3.67. The molecule has 0 saturated heterocycles. The third kappa shape index (κ3) is 4.90. The molecule has 1 unspecified atom stereocenters. The summed E-state index contributed by atoms with van der Waals surface area (Å²) in [6.07, 6.45) is 0.480. The van der Waals surface area contributed by atoms with Crippen molar-refractivity contribution < 1.29 is 28.6 Å². The zero-order chi connectivity index (χ0) is 24.3. The molecule has 0 fully saturated rings. The molecule has 9 heteroatoms. The Bertz CT molecular complexity index is 1230. The van der Waals surface area contributed by atoms with Gasteiger partial charge in [0.1, 0.15) is 23.2 Å². The number of furan rings is 1. The van der Waals surface area contributed by atoms with Crippen LogP contribution in [0.5, 0.6) is 0 Å². The number of carbonyl (C=O) groups excluding carboxylic acids is 3. The fourth-order valence-electron chi connectivity index (χ4n) is 3.33. The number of hydrogen-bond acceptors (Lipinski definition) is 7. The third-order valence-corrected chi connectivity index (χ3v) is 5.26. The highest BCUT2D eigenvalue weighted by atomic mass is 35.5. The lowest BCUT2D eigenvalue weighted by Gasteiger charge is -2.28. The molecule has 2 amide bonds. The summed E-state index contributed by atoms with van der Waals surface area (Å²) in [4.78, 5) is 38.4. The largest absolute Gasteiger partial charge is 0.462 e. The van der Waals surface area contributed by atoms with Gasteiger partial charge in [0.25, 0.3) is 11.8 Å². The van der Waals surface area contributed by atoms with Crippen molar-refractivity contribution in [3.63, 3.8) is 0 Å². The number of nitrogens with zero attached hydrogens (tertiary/aromatic N) is 2. The van der Waals surface area contributed by atoms with Gasteiger partial charge in [0, 0.05) is 11.1 Å². The van der Waals surface area contributed by atoms with E-state index in [1.807, 2.05) is 6.07 Å². The van der Waals surface area contributed by atoms with Gasteiger partial charge in [-0.05, 0) is 62.8 Å². The van der Waals surface area contributed by atoms with E-state index in [1.54, 1.807) is 37.3 Å². The second-order valence-corrected chi connectivity index (χ2v) is 7.76. The van der Waals surface area contributed by atoms with E-state index in [1.165, 1.54) is 19.9 Å². The van der Waals surface area contributed by atoms with Gasteiger partial charge in [-0.2, -0.15) is 5.26 Å². The summed E-state index contributed by atoms with van der Waals surface area (Å²) in [6.45, 7) is 4.61. The predicted octanol–water partition coefficient (Wildman–Crippen LogP) is 3.75. The Morgan fingerprint density at radius 1 is 1.30 bits per heavy atom. The van der Waals surface area contributed by atoms with Crippen molar-refractivity contribution >= 4 is 35.5 Å². The van der Waals surface area contributed by atoms with Gasteiger partial charge in [-0.1, -0.05) is 11.6 Å². The predicted molar refractivity (Wildman–Crippen MR) is 120 cm³/mol. The van der Waals surface area contributed by atoms with Crippen molar-refractivity contribution in [1.82, 2.24) is 4.90 Å². The summed E-state index contributed by atoms with van der Waals surface area (Å²) in [7, 11) is 0. The number of carbonyl (C=O) groups is 3. The van der Waals surface area contributed by atoms with Crippen molar-refractivity contribution in [2.75, 3.05) is 13.2 Å². The Balaban J connectivity index is 2.00. The molecule has 1 N–H and O–H groups in total. The SMILES string of the molecule is CCOC(=O)c1cc(-c2ccc(/C=C3/C(=O)N(CC(C)O)C(=O)C(C#N)=C3C)o2)ccc1Cl. The zero-order valence-electron chi connectivity index (χ0n) is 18.2. The van der Waals surface area contributed by atoms with Crippen LogP contribution in [0.15, 0.2) is 51.5 Å². The van der Waals surface area contributed by atoms with Gasteiger partial charge >= 0.3 is 5.97 Å². The van der Waals surface area contributed by atoms with Crippen molar-refractivity contribution in [3.05, 3.63) is 63.4 Å². The van der Waals surface area contributed by atoms with E-state index >= 15 is 0 Å². The molecule has 0 spiro atoms. The molecule has 33 heavy (non-hydrogen) atoms. The van der Waals surface area contributed by atoms with E-state index < -0.39 is 23.9 Å². The number of amides is 2. The highest BCUT2D eigenvalue weighted by Crippen LogP contribution is 2.31. The average Bonchev–Trinajstić information content (AvgIpc) is 3.23. The quantitative estimate of drug-likeness (QED) is 0.389. The topological polar surface area (TPSA) is 121 Å². The standard InChI is InChI=1S/C24H21ClN2O6/c1-4-32-24(31)18-9-15(5-7-20(18)25)21-8-6-16(33-21)10-17-14(3)19(11-26)23(30)27(22(17)29)12-13(2)28/h5-10,13,28H,4,12H2,1-3H3/b17-10+. The Morgan fingerprint density at radius 2 is 2.03 bits per heavy atom. The molecule has 0 radical (unpaired) electrons. The number of aliphatic hydroxyl groups is 1. The molecule has 1 aromatic carbocycles. The van der Waals surface area contributed by atoms with Crippen LogP contribution in [0.2, 0.25) is 5.02 Å². The van der Waals surface area contributed by atoms with Crippen molar-refractivity contribution in [2.24, 2.45) is 0 Å². The van der Waals surface area contributed by atoms with Crippen LogP contribution in [-0.2, 0) is 14.3 Å². The van der Waals surface area contributed by atoms with Crippen LogP contribution < -0.4 is 0 Å². The number of β-amino-alcohol motifs (C(OH)–C–C–N with tert-alkyl or cyclic N) is 1. The minimum Gasteiger partial charge on any atom is -0.462 e. The van der Waals surface area contributed by atoms with Gasteiger partial charge in [0.15, 0.2) is 0 Å². The smallest absolute Gasteiger partial charge is 0.339 e. The fourth-order valence-corrected chi connectivity index (χ4v) is 3.53. The number of hydrogen-bond donors (Lipinski definition) is 1. The zero-order valence-corrected chi connectivity index (χ0v) is 19.0. The number of halogens is 1. The maximum atomic E-state index is 12.9. The first kappa shape index (κ1) is 24.0. The first-order chi connectivity index (χ1) is 15.7. The molecule has 3 rings (SSSR count). The Labute approximate surface area is 195 Å². The summed E-state index contributed by atoms with van der Waals surface area (Å²) in [5.74, 6) is -1.23. The summed E-state index contributed by atoms with van der Waals surface area (Å²) in [6, 6.07) is 9.88. The minimum absolute atomic E-state index is 0.107. The molecular weight excluding hydrogens is 448 g/mol. The second kappa shape index (κ2) is 9.86. The molecule has 1 aromatic heterocycles. The second-order valence-electron chi connectivity index (χ2n) is 7.36. The number of aliphatic hydroxyl groups excluding tert-OH is 1. The summed E-state index contributed by atoms with van der Waals surface area (Å²) >= 11 is 6.11. The first-order valence-corrected chi connectivity index (χ1v) is 10.5. The van der Waals surface area contributed by atoms with Crippen LogP contribution in [0, 0.1) is 11.3 Å². The highest BCUT2D eigenvalue weighted by molar-refractivity contribution is 6.33. The molecule has 1 atom stereocenters. The molecule has 0 saturated carbocycles. The Kier molecular flexibility index (Phi) is 7.16. The van der Waals surface area contributed by atoms with Crippen molar-refractivity contribution in [1.29, 1.82) is 5.26 Å². The number of rotatable bonds is 6. The molecule has 8 nitrogen and oxygen atoms in total. The molecule has 2 aromatic rings. The number of nitriles is 1. The van der Waals surface area contributed by atoms with E-state index in [-0.39, 0.29) is 40.5 Å². The van der Waals surface area contributed by atoms with E-state index in [0.29, 0.717) is 17.1 Å². The highest BCUT2D eigenvalue weighted by Gasteiger charge is 2.36. The van der Waals surface area contributed by atoms with Crippen LogP contribution in [0.1, 0.15) is 36.9 Å². The van der Waals surface area contributed by atoms with Gasteiger partial charge < -0.3 is 14.3 Å². The van der Waals surface area contributed by atoms with Gasteiger partial charge in [-0.25, -0.2) is 4.79 Å². The molecule has 1 aliphatic rings. The molecular formula is C24H21ClN2O6. The number of esters is 1. The molecule has 0 bridgehead atoms. The number of imide groups is 1. The van der Waals surface area contributed by atoms with E-state index in [4.69, 9.17) is 20.8 Å².